The van der Waals surface area contributed by atoms with Gasteiger partial charge < -0.3 is 14.6 Å². The van der Waals surface area contributed by atoms with Gasteiger partial charge in [0.15, 0.2) is 6.54 Å². The normalized spacial score (nSPS) is 13.8. The molecule has 0 fully saturated rings. The average Bonchev–Trinajstić information content (AvgIpc) is 3.15. The van der Waals surface area contributed by atoms with Crippen LogP contribution in [0.3, 0.4) is 0 Å². The number of fused-ring (bicyclic) bond motifs is 1. The third-order valence-electron chi connectivity index (χ3n) is 3.80. The monoisotopic (exact) mass is 329 g/mol. The van der Waals surface area contributed by atoms with Crippen LogP contribution in [0.4, 0.5) is 0 Å². The first-order valence-electron chi connectivity index (χ1n) is 7.72. The molecule has 2 aromatic heterocycles. The Bertz CT molecular complexity index is 746. The van der Waals surface area contributed by atoms with Crippen molar-refractivity contribution in [3.8, 4) is 0 Å². The van der Waals surface area contributed by atoms with Gasteiger partial charge in [0.25, 0.3) is 5.91 Å². The number of amides is 1. The highest BCUT2D eigenvalue weighted by atomic mass is 32.1. The van der Waals surface area contributed by atoms with E-state index >= 15 is 0 Å². The largest absolute Gasteiger partial charge is 0.459 e. The van der Waals surface area contributed by atoms with E-state index in [1.807, 2.05) is 44.3 Å². The van der Waals surface area contributed by atoms with Crippen molar-refractivity contribution in [2.75, 3.05) is 13.6 Å². The Kier molecular flexibility index (Phi) is 4.79. The summed E-state index contributed by atoms with van der Waals surface area (Å²) in [6, 6.07) is 11.8. The van der Waals surface area contributed by atoms with Crippen LogP contribution in [-0.4, -0.2) is 19.5 Å². The van der Waals surface area contributed by atoms with Crippen molar-refractivity contribution in [2.45, 2.75) is 19.5 Å². The number of nitrogens with one attached hydrogen (secondary N) is 2. The van der Waals surface area contributed by atoms with Gasteiger partial charge in [0.05, 0.1) is 13.1 Å². The van der Waals surface area contributed by atoms with Crippen molar-refractivity contribution in [3.05, 3.63) is 58.5 Å². The van der Waals surface area contributed by atoms with Crippen LogP contribution < -0.4 is 10.2 Å². The van der Waals surface area contributed by atoms with Crippen molar-refractivity contribution < 1.29 is 14.1 Å². The first kappa shape index (κ1) is 15.8. The number of benzene rings is 1. The summed E-state index contributed by atoms with van der Waals surface area (Å²) in [5.74, 6) is 0.820. The highest BCUT2D eigenvalue weighted by Crippen LogP contribution is 2.23. The lowest BCUT2D eigenvalue weighted by molar-refractivity contribution is -0.885. The van der Waals surface area contributed by atoms with Gasteiger partial charge in [0.2, 0.25) is 0 Å². The summed E-state index contributed by atoms with van der Waals surface area (Å²) in [5.41, 5.74) is 2.12. The zero-order valence-corrected chi connectivity index (χ0v) is 14.2. The molecule has 0 aliphatic heterocycles. The molecule has 0 saturated carbocycles. The van der Waals surface area contributed by atoms with Crippen LogP contribution in [-0.2, 0) is 11.3 Å². The third-order valence-corrected chi connectivity index (χ3v) is 4.53. The Morgan fingerprint density at radius 2 is 2.17 bits per heavy atom. The number of para-hydroxylation sites is 1. The van der Waals surface area contributed by atoms with E-state index < -0.39 is 0 Å². The van der Waals surface area contributed by atoms with Crippen LogP contribution in [0.1, 0.15) is 24.3 Å². The van der Waals surface area contributed by atoms with Crippen LogP contribution in [0.15, 0.2) is 51.6 Å². The number of quaternary nitrogens is 1. The van der Waals surface area contributed by atoms with E-state index in [1.54, 1.807) is 11.3 Å². The number of carbonyl (C=O) groups excluding carboxylic acids is 1. The summed E-state index contributed by atoms with van der Waals surface area (Å²) in [6.07, 6.45) is 0. The number of hydrogen-bond donors (Lipinski definition) is 2. The molecule has 0 aliphatic rings. The van der Waals surface area contributed by atoms with Crippen LogP contribution in [0.5, 0.6) is 0 Å². The molecule has 2 atom stereocenters. The molecule has 0 radical (unpaired) electrons. The molecule has 3 rings (SSSR count). The molecule has 1 amide bonds. The predicted octanol–water partition coefficient (Wildman–Crippen LogP) is 2.39. The van der Waals surface area contributed by atoms with Crippen LogP contribution >= 0.6 is 11.3 Å². The summed E-state index contributed by atoms with van der Waals surface area (Å²) in [4.78, 5) is 13.4. The maximum absolute atomic E-state index is 12.2. The Morgan fingerprint density at radius 3 is 2.91 bits per heavy atom. The van der Waals surface area contributed by atoms with Crippen LogP contribution in [0.25, 0.3) is 11.0 Å². The minimum absolute atomic E-state index is 0.0330. The van der Waals surface area contributed by atoms with E-state index in [4.69, 9.17) is 4.42 Å². The van der Waals surface area contributed by atoms with Gasteiger partial charge in [-0.25, -0.2) is 0 Å². The fourth-order valence-electron chi connectivity index (χ4n) is 2.66. The lowest BCUT2D eigenvalue weighted by atomic mass is 10.2. The Labute approximate surface area is 139 Å². The van der Waals surface area contributed by atoms with Gasteiger partial charge in [0.1, 0.15) is 17.9 Å². The van der Waals surface area contributed by atoms with Gasteiger partial charge in [-0.3, -0.25) is 4.79 Å². The molecule has 23 heavy (non-hydrogen) atoms. The molecule has 2 N–H and O–H groups in total. The van der Waals surface area contributed by atoms with E-state index in [0.717, 1.165) is 28.2 Å². The van der Waals surface area contributed by atoms with Gasteiger partial charge in [-0.1, -0.05) is 18.2 Å². The molecule has 0 saturated heterocycles. The fourth-order valence-corrected chi connectivity index (χ4v) is 3.33. The average molecular weight is 329 g/mol. The molecule has 2 heterocycles. The number of likely N-dealkylation sites (N-methyl/N-ethyl adjacent to an activating group) is 1. The topological polar surface area (TPSA) is 46.7 Å². The molecular formula is C18H21N2O2S+. The Hall–Kier alpha value is -2.11. The standard InChI is InChI=1S/C18H20N2O2S/c1-13(17-9-15-5-3-4-6-16(15)22-17)19-18(21)11-20(2)10-14-7-8-23-12-14/h3-9,12-13H,10-11H2,1-2H3,(H,19,21)/p+1/t13-/m0/s1. The van der Waals surface area contributed by atoms with Crippen molar-refractivity contribution >= 4 is 28.2 Å². The van der Waals surface area contributed by atoms with Gasteiger partial charge in [0, 0.05) is 10.9 Å². The summed E-state index contributed by atoms with van der Waals surface area (Å²) in [7, 11) is 2.03. The fraction of sp³-hybridized carbons (Fsp3) is 0.278. The minimum atomic E-state index is -0.135. The molecule has 3 aromatic rings. The molecule has 4 nitrogen and oxygen atoms in total. The van der Waals surface area contributed by atoms with Crippen LogP contribution in [0.2, 0.25) is 0 Å². The van der Waals surface area contributed by atoms with Gasteiger partial charge in [-0.2, -0.15) is 11.3 Å². The lowest BCUT2D eigenvalue weighted by Crippen LogP contribution is -3.08. The SMILES string of the molecule is C[C@H](NC(=O)C[NH+](C)Cc1ccsc1)c1cc2ccccc2o1. The molecule has 5 heteroatoms. The van der Waals surface area contributed by atoms with Crippen molar-refractivity contribution in [1.82, 2.24) is 5.32 Å². The van der Waals surface area contributed by atoms with Gasteiger partial charge >= 0.3 is 0 Å². The summed E-state index contributed by atoms with van der Waals surface area (Å²) in [5, 5.41) is 8.26. The second kappa shape index (κ2) is 6.98. The molecule has 0 aliphatic carbocycles. The van der Waals surface area contributed by atoms with Gasteiger partial charge in [-0.05, 0) is 35.9 Å². The summed E-state index contributed by atoms with van der Waals surface area (Å²) >= 11 is 1.68. The van der Waals surface area contributed by atoms with E-state index in [1.165, 1.54) is 5.56 Å². The number of rotatable bonds is 6. The van der Waals surface area contributed by atoms with E-state index in [2.05, 4.69) is 22.1 Å². The lowest BCUT2D eigenvalue weighted by Gasteiger charge is -2.15. The zero-order chi connectivity index (χ0) is 16.2. The summed E-state index contributed by atoms with van der Waals surface area (Å²) < 4.78 is 5.80. The number of thiophene rings is 1. The molecule has 0 spiro atoms. The van der Waals surface area contributed by atoms with Gasteiger partial charge in [-0.15, -0.1) is 0 Å². The minimum Gasteiger partial charge on any atom is -0.459 e. The second-order valence-electron chi connectivity index (χ2n) is 5.92. The Balaban J connectivity index is 1.56. The van der Waals surface area contributed by atoms with E-state index in [-0.39, 0.29) is 11.9 Å². The number of furan rings is 1. The van der Waals surface area contributed by atoms with Crippen molar-refractivity contribution in [2.24, 2.45) is 0 Å². The second-order valence-corrected chi connectivity index (χ2v) is 6.70. The number of carbonyl (C=O) groups is 1. The highest BCUT2D eigenvalue weighted by Gasteiger charge is 2.17. The predicted molar refractivity (Wildman–Crippen MR) is 92.5 cm³/mol. The maximum atomic E-state index is 12.2. The maximum Gasteiger partial charge on any atom is 0.275 e. The Morgan fingerprint density at radius 1 is 1.35 bits per heavy atom. The molecule has 0 bridgehead atoms. The highest BCUT2D eigenvalue weighted by molar-refractivity contribution is 7.07. The molecule has 120 valence electrons. The number of hydrogen-bond acceptors (Lipinski definition) is 3. The first-order chi connectivity index (χ1) is 11.1. The molecular weight excluding hydrogens is 308 g/mol. The molecule has 1 aromatic carbocycles. The smallest absolute Gasteiger partial charge is 0.275 e. The van der Waals surface area contributed by atoms with Crippen LogP contribution in [0, 0.1) is 0 Å². The van der Waals surface area contributed by atoms with Crippen molar-refractivity contribution in [3.63, 3.8) is 0 Å². The van der Waals surface area contributed by atoms with E-state index in [0.29, 0.717) is 6.54 Å². The zero-order valence-electron chi connectivity index (χ0n) is 13.3. The summed E-state index contributed by atoms with van der Waals surface area (Å²) in [6.45, 7) is 3.25. The quantitative estimate of drug-likeness (QED) is 0.729. The van der Waals surface area contributed by atoms with E-state index in [9.17, 15) is 4.79 Å². The third kappa shape index (κ3) is 4.00. The first-order valence-corrected chi connectivity index (χ1v) is 8.66. The van der Waals surface area contributed by atoms with Crippen molar-refractivity contribution in [1.29, 1.82) is 0 Å². The molecule has 1 unspecified atom stereocenters.